The summed E-state index contributed by atoms with van der Waals surface area (Å²) in [6.07, 6.45) is 6.19. The number of carbonyl (C=O) groups excluding carboxylic acids is 2. The second-order valence-electron chi connectivity index (χ2n) is 5.73. The fraction of sp³-hybridized carbons (Fsp3) is 0.619. The van der Waals surface area contributed by atoms with Gasteiger partial charge in [0.15, 0.2) is 0 Å². The van der Waals surface area contributed by atoms with E-state index in [-0.39, 0.29) is 5.91 Å². The van der Waals surface area contributed by atoms with Crippen molar-refractivity contribution in [2.45, 2.75) is 41.5 Å². The lowest BCUT2D eigenvalue weighted by atomic mass is 10.1. The van der Waals surface area contributed by atoms with Crippen LogP contribution in [-0.2, 0) is 9.59 Å². The molecule has 0 radical (unpaired) electrons. The highest BCUT2D eigenvalue weighted by Crippen LogP contribution is 2.08. The van der Waals surface area contributed by atoms with E-state index in [2.05, 4.69) is 18.5 Å². The van der Waals surface area contributed by atoms with Crippen LogP contribution in [0.15, 0.2) is 36.0 Å². The van der Waals surface area contributed by atoms with Crippen LogP contribution in [0.2, 0.25) is 0 Å². The molecule has 1 heterocycles. The third-order valence-corrected chi connectivity index (χ3v) is 3.06. The largest absolute Gasteiger partial charge is 0.351 e. The van der Waals surface area contributed by atoms with E-state index in [0.29, 0.717) is 5.57 Å². The molecule has 0 N–H and O–H groups in total. The van der Waals surface area contributed by atoms with Crippen molar-refractivity contribution in [3.8, 4) is 0 Å². The number of amides is 2. The van der Waals surface area contributed by atoms with Crippen LogP contribution in [0.1, 0.15) is 41.5 Å². The van der Waals surface area contributed by atoms with Gasteiger partial charge >= 0.3 is 0 Å². The van der Waals surface area contributed by atoms with E-state index in [1.54, 1.807) is 20.2 Å². The zero-order valence-corrected chi connectivity index (χ0v) is 18.5. The first-order valence-electron chi connectivity index (χ1n) is 9.39. The van der Waals surface area contributed by atoms with E-state index in [1.807, 2.05) is 58.6 Å². The van der Waals surface area contributed by atoms with E-state index in [1.165, 1.54) is 10.5 Å². The highest BCUT2D eigenvalue weighted by molar-refractivity contribution is 5.96. The molecule has 26 heavy (non-hydrogen) atoms. The number of likely N-dealkylation sites (N-methyl/N-ethyl adjacent to an activating group) is 1. The molecule has 152 valence electrons. The lowest BCUT2D eigenvalue weighted by Crippen LogP contribution is -2.47. The van der Waals surface area contributed by atoms with Gasteiger partial charge in [0.05, 0.1) is 0 Å². The van der Waals surface area contributed by atoms with Crippen molar-refractivity contribution in [2.75, 3.05) is 47.3 Å². The quantitative estimate of drug-likeness (QED) is 0.433. The number of allylic oxidation sites excluding steroid dienone is 3. The summed E-state index contributed by atoms with van der Waals surface area (Å²) in [7, 11) is 5.45. The number of piperazine rings is 1. The second kappa shape index (κ2) is 19.4. The molecule has 0 atom stereocenters. The van der Waals surface area contributed by atoms with Gasteiger partial charge in [-0.05, 0) is 27.0 Å². The van der Waals surface area contributed by atoms with Crippen molar-refractivity contribution >= 4 is 12.3 Å². The summed E-state index contributed by atoms with van der Waals surface area (Å²) < 4.78 is 0. The summed E-state index contributed by atoms with van der Waals surface area (Å²) >= 11 is 0. The van der Waals surface area contributed by atoms with E-state index in [0.717, 1.165) is 32.6 Å². The third kappa shape index (κ3) is 15.6. The molecule has 1 saturated heterocycles. The SMILES string of the molecule is C=C/C(=C\C=C(C)C)C(=O)N1CCN(C)CC1.CC.CC.CN(C)C=O. The van der Waals surface area contributed by atoms with Crippen LogP contribution in [0.3, 0.4) is 0 Å². The molecule has 1 aliphatic heterocycles. The Balaban J connectivity index is -0.000000497. The maximum absolute atomic E-state index is 12.2. The van der Waals surface area contributed by atoms with Crippen molar-refractivity contribution in [3.05, 3.63) is 36.0 Å². The Bertz CT molecular complexity index is 429. The molecule has 1 fully saturated rings. The second-order valence-corrected chi connectivity index (χ2v) is 5.73. The van der Waals surface area contributed by atoms with Gasteiger partial charge in [-0.1, -0.05) is 52.0 Å². The van der Waals surface area contributed by atoms with Gasteiger partial charge in [-0.25, -0.2) is 0 Å². The third-order valence-electron chi connectivity index (χ3n) is 3.06. The molecule has 1 rings (SSSR count). The fourth-order valence-corrected chi connectivity index (χ4v) is 1.68. The highest BCUT2D eigenvalue weighted by atomic mass is 16.2. The molecular formula is C21H41N3O2. The van der Waals surface area contributed by atoms with Crippen molar-refractivity contribution in [1.82, 2.24) is 14.7 Å². The molecule has 0 spiro atoms. The van der Waals surface area contributed by atoms with Crippen LogP contribution in [0, 0.1) is 0 Å². The molecule has 5 heteroatoms. The summed E-state index contributed by atoms with van der Waals surface area (Å²) in [5.41, 5.74) is 1.85. The average molecular weight is 368 g/mol. The van der Waals surface area contributed by atoms with Crippen LogP contribution in [0.5, 0.6) is 0 Å². The van der Waals surface area contributed by atoms with E-state index in [9.17, 15) is 9.59 Å². The maximum atomic E-state index is 12.2. The van der Waals surface area contributed by atoms with Crippen LogP contribution >= 0.6 is 0 Å². The molecule has 0 unspecified atom stereocenters. The zero-order valence-electron chi connectivity index (χ0n) is 18.5. The summed E-state index contributed by atoms with van der Waals surface area (Å²) in [4.78, 5) is 27.2. The standard InChI is InChI=1S/C14H22N2O.C3H7NO.2C2H6/c1-5-13(7-6-12(2)3)14(17)16-10-8-15(4)9-11-16;1-4(2)3-5;2*1-2/h5-7H,1,8-11H2,2-4H3;3H,1-2H3;2*1-2H3/b13-7+;;;. The van der Waals surface area contributed by atoms with E-state index >= 15 is 0 Å². The number of rotatable bonds is 4. The monoisotopic (exact) mass is 367 g/mol. The lowest BCUT2D eigenvalue weighted by molar-refractivity contribution is -0.128. The first-order valence-corrected chi connectivity index (χ1v) is 9.39. The Kier molecular flexibility index (Phi) is 21.6. The van der Waals surface area contributed by atoms with Gasteiger partial charge in [0, 0.05) is 45.8 Å². The van der Waals surface area contributed by atoms with Gasteiger partial charge in [0.1, 0.15) is 0 Å². The van der Waals surface area contributed by atoms with Crippen LogP contribution in [0.4, 0.5) is 0 Å². The Morgan fingerprint density at radius 2 is 1.38 bits per heavy atom. The minimum Gasteiger partial charge on any atom is -0.351 e. The van der Waals surface area contributed by atoms with Gasteiger partial charge < -0.3 is 14.7 Å². The van der Waals surface area contributed by atoms with E-state index < -0.39 is 0 Å². The van der Waals surface area contributed by atoms with Crippen molar-refractivity contribution in [1.29, 1.82) is 0 Å². The van der Waals surface area contributed by atoms with Crippen molar-refractivity contribution in [3.63, 3.8) is 0 Å². The zero-order chi connectivity index (χ0) is 21.1. The number of hydrogen-bond acceptors (Lipinski definition) is 3. The molecule has 0 aromatic rings. The summed E-state index contributed by atoms with van der Waals surface area (Å²) in [5.74, 6) is 0.0885. The topological polar surface area (TPSA) is 43.9 Å². The predicted octanol–water partition coefficient (Wildman–Crippen LogP) is 3.60. The number of carbonyl (C=O) groups is 2. The number of hydrogen-bond donors (Lipinski definition) is 0. The Morgan fingerprint density at radius 1 is 0.962 bits per heavy atom. The molecule has 2 amide bonds. The molecule has 0 bridgehead atoms. The van der Waals surface area contributed by atoms with Crippen molar-refractivity contribution in [2.24, 2.45) is 0 Å². The molecule has 5 nitrogen and oxygen atoms in total. The summed E-state index contributed by atoms with van der Waals surface area (Å²) in [5, 5.41) is 0. The smallest absolute Gasteiger partial charge is 0.253 e. The fourth-order valence-electron chi connectivity index (χ4n) is 1.68. The lowest BCUT2D eigenvalue weighted by Gasteiger charge is -2.32. The van der Waals surface area contributed by atoms with E-state index in [4.69, 9.17) is 0 Å². The highest BCUT2D eigenvalue weighted by Gasteiger charge is 2.20. The summed E-state index contributed by atoms with van der Waals surface area (Å²) in [6.45, 7) is 19.2. The molecule has 0 aromatic carbocycles. The average Bonchev–Trinajstić information content (AvgIpc) is 2.66. The Labute approximate surface area is 162 Å². The first-order chi connectivity index (χ1) is 12.3. The molecule has 0 saturated carbocycles. The van der Waals surface area contributed by atoms with Gasteiger partial charge in [-0.15, -0.1) is 0 Å². The minimum atomic E-state index is 0.0885. The minimum absolute atomic E-state index is 0.0885. The van der Waals surface area contributed by atoms with Gasteiger partial charge in [0.2, 0.25) is 6.41 Å². The van der Waals surface area contributed by atoms with Gasteiger partial charge in [-0.2, -0.15) is 0 Å². The molecule has 1 aliphatic rings. The predicted molar refractivity (Wildman–Crippen MR) is 114 cm³/mol. The molecular weight excluding hydrogens is 326 g/mol. The van der Waals surface area contributed by atoms with Gasteiger partial charge in [0.25, 0.3) is 5.91 Å². The Morgan fingerprint density at radius 3 is 1.69 bits per heavy atom. The number of nitrogens with zero attached hydrogens (tertiary/aromatic N) is 3. The maximum Gasteiger partial charge on any atom is 0.253 e. The van der Waals surface area contributed by atoms with Crippen LogP contribution in [-0.4, -0.2) is 74.3 Å². The van der Waals surface area contributed by atoms with Gasteiger partial charge in [-0.3, -0.25) is 9.59 Å². The van der Waals surface area contributed by atoms with Crippen LogP contribution < -0.4 is 0 Å². The first kappa shape index (κ1) is 28.9. The molecule has 0 aliphatic carbocycles. The normalized spacial score (nSPS) is 13.4. The summed E-state index contributed by atoms with van der Waals surface area (Å²) in [6, 6.07) is 0. The Hall–Kier alpha value is -1.88. The van der Waals surface area contributed by atoms with Crippen molar-refractivity contribution < 1.29 is 9.59 Å². The molecule has 0 aromatic heterocycles. The van der Waals surface area contributed by atoms with Crippen LogP contribution in [0.25, 0.3) is 0 Å².